The van der Waals surface area contributed by atoms with E-state index in [1.54, 1.807) is 5.56 Å². The van der Waals surface area contributed by atoms with E-state index in [9.17, 15) is 0 Å². The van der Waals surface area contributed by atoms with Crippen LogP contribution in [0, 0.1) is 5.92 Å². The third-order valence-electron chi connectivity index (χ3n) is 6.94. The maximum Gasteiger partial charge on any atom is 0.119 e. The van der Waals surface area contributed by atoms with Crippen LogP contribution in [0.3, 0.4) is 0 Å². The molecule has 1 fully saturated rings. The number of hydrogen-bond acceptors (Lipinski definition) is 1. The minimum absolute atomic E-state index is 0.718. The van der Waals surface area contributed by atoms with Crippen molar-refractivity contribution in [3.05, 3.63) is 54.1 Å². The Bertz CT molecular complexity index is 692. The van der Waals surface area contributed by atoms with Crippen LogP contribution in [0.1, 0.15) is 102 Å². The van der Waals surface area contributed by atoms with E-state index in [2.05, 4.69) is 55.5 Å². The van der Waals surface area contributed by atoms with Crippen LogP contribution in [0.25, 0.3) is 11.1 Å². The lowest BCUT2D eigenvalue weighted by Crippen LogP contribution is -2.13. The molecule has 1 nitrogen and oxygen atoms in total. The molecule has 0 bridgehead atoms. The molecule has 0 saturated heterocycles. The zero-order valence-corrected chi connectivity index (χ0v) is 19.4. The van der Waals surface area contributed by atoms with Crippen LogP contribution < -0.4 is 4.74 Å². The monoisotopic (exact) mass is 406 g/mol. The summed E-state index contributed by atoms with van der Waals surface area (Å²) in [7, 11) is 0. The van der Waals surface area contributed by atoms with Gasteiger partial charge in [-0.25, -0.2) is 0 Å². The molecular weight excluding hydrogens is 364 g/mol. The summed E-state index contributed by atoms with van der Waals surface area (Å²) >= 11 is 0. The predicted molar refractivity (Wildman–Crippen MR) is 130 cm³/mol. The van der Waals surface area contributed by atoms with E-state index in [1.165, 1.54) is 88.2 Å². The standard InChI is InChI=1S/C29H42O/c1-3-5-6-7-8-9-10-11-24-12-14-25(15-13-24)26-16-18-27(19-17-26)28-20-22-29(23-21-28)30-4-2/h16-25H,3-15H2,1-2H3. The molecule has 0 radical (unpaired) electrons. The summed E-state index contributed by atoms with van der Waals surface area (Å²) in [5.74, 6) is 2.70. The minimum Gasteiger partial charge on any atom is -0.494 e. The Morgan fingerprint density at radius 3 is 1.83 bits per heavy atom. The Labute approximate surface area is 185 Å². The molecule has 0 amide bonds. The van der Waals surface area contributed by atoms with Crippen LogP contribution in [0.2, 0.25) is 0 Å². The molecular formula is C29H42O. The Morgan fingerprint density at radius 2 is 1.23 bits per heavy atom. The van der Waals surface area contributed by atoms with Gasteiger partial charge in [0.25, 0.3) is 0 Å². The summed E-state index contributed by atoms with van der Waals surface area (Å²) in [6, 6.07) is 17.8. The largest absolute Gasteiger partial charge is 0.494 e. The van der Waals surface area contributed by atoms with Gasteiger partial charge in [0.15, 0.2) is 0 Å². The highest BCUT2D eigenvalue weighted by Crippen LogP contribution is 2.38. The fraction of sp³-hybridized carbons (Fsp3) is 0.586. The molecule has 2 aromatic rings. The number of rotatable bonds is 12. The molecule has 1 aliphatic carbocycles. The number of ether oxygens (including phenoxy) is 1. The van der Waals surface area contributed by atoms with Crippen molar-refractivity contribution in [2.45, 2.75) is 96.8 Å². The SMILES string of the molecule is CCCCCCCCCC1CCC(c2ccc(-c3ccc(OCC)cc3)cc2)CC1. The molecule has 2 aromatic carbocycles. The van der Waals surface area contributed by atoms with Crippen LogP contribution in [0.4, 0.5) is 0 Å². The molecule has 1 aliphatic rings. The van der Waals surface area contributed by atoms with E-state index in [0.29, 0.717) is 0 Å². The molecule has 0 N–H and O–H groups in total. The van der Waals surface area contributed by atoms with Crippen molar-refractivity contribution < 1.29 is 4.74 Å². The van der Waals surface area contributed by atoms with Gasteiger partial charge >= 0.3 is 0 Å². The molecule has 1 heteroatoms. The van der Waals surface area contributed by atoms with Gasteiger partial charge in [0.1, 0.15) is 5.75 Å². The molecule has 0 unspecified atom stereocenters. The van der Waals surface area contributed by atoms with Crippen LogP contribution in [-0.2, 0) is 0 Å². The van der Waals surface area contributed by atoms with E-state index >= 15 is 0 Å². The second-order valence-electron chi connectivity index (χ2n) is 9.21. The van der Waals surface area contributed by atoms with Gasteiger partial charge in [-0.2, -0.15) is 0 Å². The van der Waals surface area contributed by atoms with E-state index in [-0.39, 0.29) is 0 Å². The van der Waals surface area contributed by atoms with Crippen molar-refractivity contribution in [3.63, 3.8) is 0 Å². The van der Waals surface area contributed by atoms with Gasteiger partial charge in [-0.1, -0.05) is 94.7 Å². The van der Waals surface area contributed by atoms with Crippen LogP contribution in [0.15, 0.2) is 48.5 Å². The fourth-order valence-corrected chi connectivity index (χ4v) is 5.03. The van der Waals surface area contributed by atoms with Gasteiger partial charge in [-0.05, 0) is 73.3 Å². The first-order valence-corrected chi connectivity index (χ1v) is 12.6. The van der Waals surface area contributed by atoms with Crippen molar-refractivity contribution in [1.29, 1.82) is 0 Å². The third-order valence-corrected chi connectivity index (χ3v) is 6.94. The lowest BCUT2D eigenvalue weighted by molar-refractivity contribution is 0.302. The van der Waals surface area contributed by atoms with Crippen LogP contribution >= 0.6 is 0 Å². The zero-order valence-electron chi connectivity index (χ0n) is 19.4. The Hall–Kier alpha value is -1.76. The molecule has 1 saturated carbocycles. The zero-order chi connectivity index (χ0) is 21.0. The van der Waals surface area contributed by atoms with Crippen molar-refractivity contribution in [2.75, 3.05) is 6.61 Å². The Balaban J connectivity index is 1.39. The highest BCUT2D eigenvalue weighted by molar-refractivity contribution is 5.64. The van der Waals surface area contributed by atoms with Gasteiger partial charge in [0.05, 0.1) is 6.61 Å². The fourth-order valence-electron chi connectivity index (χ4n) is 5.03. The van der Waals surface area contributed by atoms with Crippen LogP contribution in [0.5, 0.6) is 5.75 Å². The highest BCUT2D eigenvalue weighted by atomic mass is 16.5. The second-order valence-corrected chi connectivity index (χ2v) is 9.21. The normalized spacial score (nSPS) is 19.0. The van der Waals surface area contributed by atoms with Gasteiger partial charge in [-0.3, -0.25) is 0 Å². The molecule has 3 rings (SSSR count). The van der Waals surface area contributed by atoms with Gasteiger partial charge in [0.2, 0.25) is 0 Å². The van der Waals surface area contributed by atoms with Gasteiger partial charge < -0.3 is 4.74 Å². The third kappa shape index (κ3) is 7.18. The maximum absolute atomic E-state index is 5.55. The second kappa shape index (κ2) is 12.8. The highest BCUT2D eigenvalue weighted by Gasteiger charge is 2.22. The van der Waals surface area contributed by atoms with Crippen molar-refractivity contribution in [2.24, 2.45) is 5.92 Å². The molecule has 164 valence electrons. The lowest BCUT2D eigenvalue weighted by Gasteiger charge is -2.29. The van der Waals surface area contributed by atoms with Crippen molar-refractivity contribution in [3.8, 4) is 16.9 Å². The van der Waals surface area contributed by atoms with Gasteiger partial charge in [-0.15, -0.1) is 0 Å². The molecule has 0 aliphatic heterocycles. The average Bonchev–Trinajstić information content (AvgIpc) is 2.80. The van der Waals surface area contributed by atoms with E-state index in [1.807, 2.05) is 6.92 Å². The summed E-state index contributed by atoms with van der Waals surface area (Å²) < 4.78 is 5.55. The Morgan fingerprint density at radius 1 is 0.667 bits per heavy atom. The van der Waals surface area contributed by atoms with E-state index in [0.717, 1.165) is 24.2 Å². The summed E-state index contributed by atoms with van der Waals surface area (Å²) in [5.41, 5.74) is 4.11. The summed E-state index contributed by atoms with van der Waals surface area (Å²) in [4.78, 5) is 0. The first kappa shape index (κ1) is 22.9. The molecule has 0 atom stereocenters. The summed E-state index contributed by atoms with van der Waals surface area (Å²) in [6.07, 6.45) is 17.1. The number of benzene rings is 2. The maximum atomic E-state index is 5.55. The summed E-state index contributed by atoms with van der Waals surface area (Å²) in [6.45, 7) is 5.04. The van der Waals surface area contributed by atoms with E-state index < -0.39 is 0 Å². The quantitative estimate of drug-likeness (QED) is 0.319. The number of hydrogen-bond donors (Lipinski definition) is 0. The van der Waals surface area contributed by atoms with E-state index in [4.69, 9.17) is 4.74 Å². The lowest BCUT2D eigenvalue weighted by atomic mass is 9.77. The van der Waals surface area contributed by atoms with Crippen molar-refractivity contribution >= 4 is 0 Å². The van der Waals surface area contributed by atoms with Gasteiger partial charge in [0, 0.05) is 0 Å². The first-order valence-electron chi connectivity index (χ1n) is 12.6. The average molecular weight is 407 g/mol. The smallest absolute Gasteiger partial charge is 0.119 e. The molecule has 0 aromatic heterocycles. The number of unbranched alkanes of at least 4 members (excludes halogenated alkanes) is 6. The molecule has 30 heavy (non-hydrogen) atoms. The van der Waals surface area contributed by atoms with Crippen LogP contribution in [-0.4, -0.2) is 6.61 Å². The Kier molecular flexibility index (Phi) is 9.80. The summed E-state index contributed by atoms with van der Waals surface area (Å²) in [5, 5.41) is 0. The topological polar surface area (TPSA) is 9.23 Å². The predicted octanol–water partition coefficient (Wildman–Crippen LogP) is 9.17. The molecule has 0 heterocycles. The van der Waals surface area contributed by atoms with Crippen molar-refractivity contribution in [1.82, 2.24) is 0 Å². The first-order chi connectivity index (χ1) is 14.8. The molecule has 0 spiro atoms. The minimum atomic E-state index is 0.718.